The van der Waals surface area contributed by atoms with Gasteiger partial charge in [-0.25, -0.2) is 9.97 Å². The highest BCUT2D eigenvalue weighted by Crippen LogP contribution is 2.30. The first-order chi connectivity index (χ1) is 17.9. The van der Waals surface area contributed by atoms with Crippen LogP contribution in [0.25, 0.3) is 27.1 Å². The summed E-state index contributed by atoms with van der Waals surface area (Å²) in [6.45, 7) is 4.53. The van der Waals surface area contributed by atoms with Crippen molar-refractivity contribution in [1.29, 1.82) is 0 Å². The third-order valence-corrected chi connectivity index (χ3v) is 6.92. The van der Waals surface area contributed by atoms with Crippen molar-refractivity contribution in [2.24, 2.45) is 5.92 Å². The molecule has 2 aromatic carbocycles. The Bertz CT molecular complexity index is 1590. The van der Waals surface area contributed by atoms with Crippen LogP contribution in [0.5, 0.6) is 0 Å². The maximum Gasteiger partial charge on any atom is 0.255 e. The molecule has 0 unspecified atom stereocenters. The van der Waals surface area contributed by atoms with Gasteiger partial charge in [0.25, 0.3) is 5.91 Å². The number of benzene rings is 2. The summed E-state index contributed by atoms with van der Waals surface area (Å²) in [5.41, 5.74) is 9.97. The van der Waals surface area contributed by atoms with E-state index in [1.165, 1.54) is 11.3 Å². The Kier molecular flexibility index (Phi) is 6.87. The predicted molar refractivity (Wildman–Crippen MR) is 149 cm³/mol. The maximum atomic E-state index is 13.3. The van der Waals surface area contributed by atoms with Crippen molar-refractivity contribution in [3.05, 3.63) is 78.0 Å². The second-order valence-electron chi connectivity index (χ2n) is 9.31. The van der Waals surface area contributed by atoms with Gasteiger partial charge in [-0.2, -0.15) is 0 Å². The molecule has 2 amide bonds. The SMILES string of the molecule is CC(C)CCC(=O)Nc1c(-c2ccccc2)nc2c(C(=O)NCc3ccc4nc(N)sc4c3)cccn12. The zero-order valence-electron chi connectivity index (χ0n) is 20.7. The van der Waals surface area contributed by atoms with E-state index >= 15 is 0 Å². The van der Waals surface area contributed by atoms with Crippen molar-refractivity contribution in [3.63, 3.8) is 0 Å². The molecule has 0 saturated heterocycles. The number of nitrogens with two attached hydrogens (primary N) is 1. The fourth-order valence-electron chi connectivity index (χ4n) is 4.15. The minimum Gasteiger partial charge on any atom is -0.375 e. The molecular weight excluding hydrogens is 484 g/mol. The Morgan fingerprint density at radius 3 is 2.65 bits per heavy atom. The molecule has 5 rings (SSSR count). The van der Waals surface area contributed by atoms with E-state index in [2.05, 4.69) is 29.5 Å². The number of aromatic nitrogens is 3. The third kappa shape index (κ3) is 5.31. The molecule has 0 saturated carbocycles. The number of carbonyl (C=O) groups is 2. The highest BCUT2D eigenvalue weighted by atomic mass is 32.1. The number of nitrogens with zero attached hydrogens (tertiary/aromatic N) is 3. The van der Waals surface area contributed by atoms with Crippen LogP contribution in [0.1, 0.15) is 42.6 Å². The van der Waals surface area contributed by atoms with Gasteiger partial charge in [0.05, 0.1) is 15.8 Å². The number of rotatable bonds is 8. The van der Waals surface area contributed by atoms with Gasteiger partial charge < -0.3 is 16.4 Å². The minimum absolute atomic E-state index is 0.0818. The van der Waals surface area contributed by atoms with Gasteiger partial charge >= 0.3 is 0 Å². The van der Waals surface area contributed by atoms with Crippen LogP contribution in [0.3, 0.4) is 0 Å². The van der Waals surface area contributed by atoms with Gasteiger partial charge in [-0.15, -0.1) is 0 Å². The number of anilines is 2. The fraction of sp³-hybridized carbons (Fsp3) is 0.214. The van der Waals surface area contributed by atoms with E-state index in [0.29, 0.717) is 46.7 Å². The van der Waals surface area contributed by atoms with Crippen LogP contribution in [0.15, 0.2) is 66.9 Å². The summed E-state index contributed by atoms with van der Waals surface area (Å²) in [7, 11) is 0. The average molecular weight is 513 g/mol. The minimum atomic E-state index is -0.253. The molecule has 0 fully saturated rings. The first-order valence-electron chi connectivity index (χ1n) is 12.2. The average Bonchev–Trinajstić information content (AvgIpc) is 3.45. The van der Waals surface area contributed by atoms with Gasteiger partial charge in [-0.1, -0.05) is 61.6 Å². The van der Waals surface area contributed by atoms with E-state index in [0.717, 1.165) is 27.8 Å². The van der Waals surface area contributed by atoms with Gasteiger partial charge in [0.2, 0.25) is 5.91 Å². The maximum absolute atomic E-state index is 13.3. The molecule has 3 heterocycles. The van der Waals surface area contributed by atoms with Crippen molar-refractivity contribution in [3.8, 4) is 11.3 Å². The molecule has 9 heteroatoms. The molecule has 0 aliphatic heterocycles. The lowest BCUT2D eigenvalue weighted by Gasteiger charge is -2.10. The molecule has 0 bridgehead atoms. The van der Waals surface area contributed by atoms with Gasteiger partial charge in [0.1, 0.15) is 11.5 Å². The van der Waals surface area contributed by atoms with E-state index < -0.39 is 0 Å². The van der Waals surface area contributed by atoms with Crippen LogP contribution in [0, 0.1) is 5.92 Å². The Balaban J connectivity index is 1.45. The molecule has 0 aliphatic rings. The second-order valence-corrected chi connectivity index (χ2v) is 10.4. The number of hydrogen-bond donors (Lipinski definition) is 3. The first-order valence-corrected chi connectivity index (χ1v) is 13.0. The Morgan fingerprint density at radius 2 is 1.86 bits per heavy atom. The van der Waals surface area contributed by atoms with Crippen LogP contribution >= 0.6 is 11.3 Å². The topological polar surface area (TPSA) is 114 Å². The number of hydrogen-bond acceptors (Lipinski definition) is 6. The number of thiazole rings is 1. The number of fused-ring (bicyclic) bond motifs is 2. The number of pyridine rings is 1. The Hall–Kier alpha value is -4.24. The second kappa shape index (κ2) is 10.4. The largest absolute Gasteiger partial charge is 0.375 e. The quantitative estimate of drug-likeness (QED) is 0.254. The molecule has 3 aromatic heterocycles. The van der Waals surface area contributed by atoms with Gasteiger partial charge in [-0.3, -0.25) is 14.0 Å². The first kappa shape index (κ1) is 24.5. The number of imidazole rings is 1. The van der Waals surface area contributed by atoms with Crippen LogP contribution in [0.4, 0.5) is 10.9 Å². The standard InChI is InChI=1S/C28H28N6O2S/c1-17(2)10-13-23(35)32-26-24(19-7-4-3-5-8-19)33-25-20(9-6-14-34(25)26)27(36)30-16-18-11-12-21-22(15-18)37-28(29)31-21/h3-9,11-12,14-15,17H,10,13,16H2,1-2H3,(H2,29,31)(H,30,36)(H,32,35). The molecule has 4 N–H and O–H groups in total. The molecule has 5 aromatic rings. The van der Waals surface area contributed by atoms with Crippen molar-refractivity contribution < 1.29 is 9.59 Å². The normalized spacial score (nSPS) is 11.3. The van der Waals surface area contributed by atoms with E-state index in [9.17, 15) is 9.59 Å². The number of nitrogen functional groups attached to an aromatic ring is 1. The number of carbonyl (C=O) groups excluding carboxylic acids is 2. The lowest BCUT2D eigenvalue weighted by molar-refractivity contribution is -0.116. The Morgan fingerprint density at radius 1 is 1.05 bits per heavy atom. The summed E-state index contributed by atoms with van der Waals surface area (Å²) in [6, 6.07) is 19.0. The van der Waals surface area contributed by atoms with Crippen LogP contribution in [-0.2, 0) is 11.3 Å². The molecule has 0 spiro atoms. The monoisotopic (exact) mass is 512 g/mol. The third-order valence-electron chi connectivity index (χ3n) is 6.07. The van der Waals surface area contributed by atoms with Crippen LogP contribution in [0.2, 0.25) is 0 Å². The van der Waals surface area contributed by atoms with Crippen molar-refractivity contribution >= 4 is 50.0 Å². The van der Waals surface area contributed by atoms with Crippen molar-refractivity contribution in [2.45, 2.75) is 33.2 Å². The smallest absolute Gasteiger partial charge is 0.255 e. The molecule has 8 nitrogen and oxygen atoms in total. The van der Waals surface area contributed by atoms with Crippen molar-refractivity contribution in [1.82, 2.24) is 19.7 Å². The Labute approximate surface area is 218 Å². The zero-order valence-corrected chi connectivity index (χ0v) is 21.5. The van der Waals surface area contributed by atoms with E-state index in [1.54, 1.807) is 16.5 Å². The lowest BCUT2D eigenvalue weighted by atomic mass is 10.1. The number of amides is 2. The van der Waals surface area contributed by atoms with Crippen LogP contribution in [-0.4, -0.2) is 26.2 Å². The molecule has 0 atom stereocenters. The lowest BCUT2D eigenvalue weighted by Crippen LogP contribution is -2.23. The van der Waals surface area contributed by atoms with Crippen molar-refractivity contribution in [2.75, 3.05) is 11.1 Å². The molecule has 0 aliphatic carbocycles. The zero-order chi connectivity index (χ0) is 25.9. The summed E-state index contributed by atoms with van der Waals surface area (Å²) in [6.07, 6.45) is 3.01. The summed E-state index contributed by atoms with van der Waals surface area (Å²) in [5, 5.41) is 6.56. The predicted octanol–water partition coefficient (Wildman–Crippen LogP) is 5.50. The van der Waals surface area contributed by atoms with Gasteiger partial charge in [-0.05, 0) is 42.2 Å². The summed E-state index contributed by atoms with van der Waals surface area (Å²) >= 11 is 1.42. The van der Waals surface area contributed by atoms with Crippen LogP contribution < -0.4 is 16.4 Å². The molecule has 0 radical (unpaired) electrons. The molecular formula is C28H28N6O2S. The highest BCUT2D eigenvalue weighted by molar-refractivity contribution is 7.22. The van der Waals surface area contributed by atoms with E-state index in [-0.39, 0.29) is 11.8 Å². The summed E-state index contributed by atoms with van der Waals surface area (Å²) in [5.74, 6) is 0.641. The van der Waals surface area contributed by atoms with Gasteiger partial charge in [0, 0.05) is 24.7 Å². The summed E-state index contributed by atoms with van der Waals surface area (Å²) < 4.78 is 2.75. The van der Waals surface area contributed by atoms with E-state index in [1.807, 2.05) is 54.7 Å². The summed E-state index contributed by atoms with van der Waals surface area (Å²) in [4.78, 5) is 35.1. The fourth-order valence-corrected chi connectivity index (χ4v) is 4.95. The molecule has 188 valence electrons. The highest BCUT2D eigenvalue weighted by Gasteiger charge is 2.21. The van der Waals surface area contributed by atoms with Gasteiger partial charge in [0.15, 0.2) is 10.8 Å². The molecule has 37 heavy (non-hydrogen) atoms. The number of nitrogens with one attached hydrogen (secondary N) is 2. The van der Waals surface area contributed by atoms with E-state index in [4.69, 9.17) is 10.7 Å².